The molecule has 2 aliphatic rings. The first-order valence-corrected chi connectivity index (χ1v) is 13.6. The van der Waals surface area contributed by atoms with E-state index in [1.165, 1.54) is 0 Å². The Labute approximate surface area is 235 Å². The number of carbonyl (C=O) groups is 1. The second-order valence-corrected chi connectivity index (χ2v) is 11.1. The van der Waals surface area contributed by atoms with E-state index >= 15 is 0 Å². The molecule has 1 amide bonds. The van der Waals surface area contributed by atoms with Gasteiger partial charge < -0.3 is 28.8 Å². The number of aliphatic hydroxyl groups excluding tert-OH is 1. The van der Waals surface area contributed by atoms with Gasteiger partial charge in [-0.2, -0.15) is 0 Å². The Kier molecular flexibility index (Phi) is 8.19. The van der Waals surface area contributed by atoms with Crippen molar-refractivity contribution in [3.05, 3.63) is 88.5 Å². The lowest BCUT2D eigenvalue weighted by atomic mass is 9.85. The van der Waals surface area contributed by atoms with Gasteiger partial charge in [0, 0.05) is 16.7 Å². The zero-order valence-corrected chi connectivity index (χ0v) is 23.5. The highest BCUT2D eigenvalue weighted by Crippen LogP contribution is 2.53. The first-order valence-electron chi connectivity index (χ1n) is 13.6. The fourth-order valence-electron chi connectivity index (χ4n) is 5.32. The number of fused-ring (bicyclic) bond motifs is 3. The summed E-state index contributed by atoms with van der Waals surface area (Å²) in [4.78, 5) is 15.2. The van der Waals surface area contributed by atoms with Crippen molar-refractivity contribution in [2.24, 2.45) is 0 Å². The van der Waals surface area contributed by atoms with Crippen LogP contribution in [0.25, 0.3) is 0 Å². The molecule has 8 nitrogen and oxygen atoms in total. The van der Waals surface area contributed by atoms with Gasteiger partial charge in [0.2, 0.25) is 6.79 Å². The molecule has 0 bridgehead atoms. The third-order valence-corrected chi connectivity index (χ3v) is 7.07. The predicted molar refractivity (Wildman–Crippen MR) is 150 cm³/mol. The van der Waals surface area contributed by atoms with Crippen LogP contribution in [0.15, 0.2) is 60.7 Å². The highest BCUT2D eigenvalue weighted by atomic mass is 16.7. The summed E-state index contributed by atoms with van der Waals surface area (Å²) in [6, 6.07) is 18.6. The molecule has 0 unspecified atom stereocenters. The van der Waals surface area contributed by atoms with Crippen LogP contribution in [0.1, 0.15) is 54.6 Å². The lowest BCUT2D eigenvalue weighted by Gasteiger charge is -2.43. The lowest BCUT2D eigenvalue weighted by Crippen LogP contribution is -2.52. The zero-order chi connectivity index (χ0) is 28.3. The molecule has 5 rings (SSSR count). The van der Waals surface area contributed by atoms with Crippen LogP contribution in [-0.2, 0) is 29.1 Å². The smallest absolute Gasteiger partial charge is 0.411 e. The average molecular weight is 548 g/mol. The van der Waals surface area contributed by atoms with E-state index in [-0.39, 0.29) is 20.0 Å². The molecule has 0 fully saturated rings. The van der Waals surface area contributed by atoms with Crippen LogP contribution in [0.3, 0.4) is 0 Å². The monoisotopic (exact) mass is 547 g/mol. The quantitative estimate of drug-likeness (QED) is 0.386. The molecule has 2 aliphatic heterocycles. The van der Waals surface area contributed by atoms with E-state index in [9.17, 15) is 9.90 Å². The second kappa shape index (κ2) is 11.8. The number of aliphatic hydroxyl groups is 1. The molecule has 1 N–H and O–H groups in total. The van der Waals surface area contributed by atoms with Crippen molar-refractivity contribution < 1.29 is 33.6 Å². The molecule has 0 saturated heterocycles. The van der Waals surface area contributed by atoms with Crippen LogP contribution in [0.4, 0.5) is 4.79 Å². The summed E-state index contributed by atoms with van der Waals surface area (Å²) in [7, 11) is 0. The van der Waals surface area contributed by atoms with Gasteiger partial charge in [-0.3, -0.25) is 4.90 Å². The molecule has 2 atom stereocenters. The first kappa shape index (κ1) is 27.8. The van der Waals surface area contributed by atoms with E-state index in [2.05, 4.69) is 0 Å². The molecule has 0 aromatic heterocycles. The number of ether oxygens (including phenoxy) is 5. The molecule has 3 aromatic carbocycles. The van der Waals surface area contributed by atoms with E-state index < -0.39 is 23.8 Å². The summed E-state index contributed by atoms with van der Waals surface area (Å²) in [5.74, 6) is 1.86. The van der Waals surface area contributed by atoms with Crippen molar-refractivity contribution in [1.82, 2.24) is 4.90 Å². The highest BCUT2D eigenvalue weighted by molar-refractivity contribution is 5.73. The average Bonchev–Trinajstić information content (AvgIpc) is 3.43. The number of carbonyl (C=O) groups excluding carboxylic acids is 1. The van der Waals surface area contributed by atoms with Gasteiger partial charge in [-0.05, 0) is 45.2 Å². The Morgan fingerprint density at radius 3 is 2.23 bits per heavy atom. The maximum absolute atomic E-state index is 13.6. The summed E-state index contributed by atoms with van der Waals surface area (Å²) >= 11 is 0. The zero-order valence-electron chi connectivity index (χ0n) is 23.5. The Hall–Kier alpha value is -3.75. The number of amides is 1. The van der Waals surface area contributed by atoms with Gasteiger partial charge in [0.05, 0.1) is 31.9 Å². The van der Waals surface area contributed by atoms with Crippen molar-refractivity contribution in [2.45, 2.75) is 65.0 Å². The minimum atomic E-state index is -0.717. The molecule has 0 spiro atoms. The highest BCUT2D eigenvalue weighted by Gasteiger charge is 2.45. The maximum atomic E-state index is 13.6. The lowest BCUT2D eigenvalue weighted by molar-refractivity contribution is -0.0275. The van der Waals surface area contributed by atoms with Crippen molar-refractivity contribution in [1.29, 1.82) is 0 Å². The summed E-state index contributed by atoms with van der Waals surface area (Å²) in [5.41, 5.74) is 3.80. The van der Waals surface area contributed by atoms with Gasteiger partial charge >= 0.3 is 6.09 Å². The van der Waals surface area contributed by atoms with Crippen LogP contribution in [0.2, 0.25) is 0 Å². The largest absolute Gasteiger partial charge is 0.488 e. The molecule has 212 valence electrons. The predicted octanol–water partition coefficient (Wildman–Crippen LogP) is 5.71. The molecule has 3 aromatic rings. The van der Waals surface area contributed by atoms with E-state index in [1.54, 1.807) is 4.90 Å². The van der Waals surface area contributed by atoms with E-state index in [0.29, 0.717) is 36.9 Å². The van der Waals surface area contributed by atoms with E-state index in [1.807, 2.05) is 88.4 Å². The van der Waals surface area contributed by atoms with Gasteiger partial charge in [-0.25, -0.2) is 4.79 Å². The molecular formula is C32H37NO7. The van der Waals surface area contributed by atoms with Crippen LogP contribution in [0.5, 0.6) is 17.2 Å². The van der Waals surface area contributed by atoms with Crippen molar-refractivity contribution in [3.63, 3.8) is 0 Å². The third kappa shape index (κ3) is 5.88. The minimum Gasteiger partial charge on any atom is -0.488 e. The van der Waals surface area contributed by atoms with Crippen LogP contribution in [0, 0.1) is 6.92 Å². The molecule has 2 heterocycles. The summed E-state index contributed by atoms with van der Waals surface area (Å²) in [5, 5.41) is 10.5. The van der Waals surface area contributed by atoms with Crippen molar-refractivity contribution in [2.75, 3.05) is 20.0 Å². The summed E-state index contributed by atoms with van der Waals surface area (Å²) in [6.45, 7) is 8.13. The Balaban J connectivity index is 1.57. The standard InChI is InChI=1S/C32H37NO7/c1-21-28(37-18-23-13-9-6-10-14-23)25-15-24(16-34)33(31(35)40-32(2,3)4)26(27(25)30-29(21)38-20-39-30)19-36-17-22-11-7-5-8-12-22/h5-14,24,26,34H,15-20H2,1-4H3/t24-,26-/m0/s1. The van der Waals surface area contributed by atoms with Crippen molar-refractivity contribution in [3.8, 4) is 17.2 Å². The second-order valence-electron chi connectivity index (χ2n) is 11.1. The number of benzene rings is 3. The number of hydrogen-bond donors (Lipinski definition) is 1. The number of nitrogens with zero attached hydrogens (tertiary/aromatic N) is 1. The normalized spacial score (nSPS) is 17.9. The van der Waals surface area contributed by atoms with Gasteiger partial charge in [0.1, 0.15) is 18.0 Å². The van der Waals surface area contributed by atoms with Gasteiger partial charge in [-0.1, -0.05) is 60.7 Å². The Morgan fingerprint density at radius 1 is 0.975 bits per heavy atom. The maximum Gasteiger partial charge on any atom is 0.411 e. The minimum absolute atomic E-state index is 0.0677. The SMILES string of the molecule is Cc1c(OCc2ccccc2)c2c(c3c1OCO3)[C@H](COCc1ccccc1)N(C(=O)OC(C)(C)C)[C@H](CO)C2. The van der Waals surface area contributed by atoms with Crippen LogP contribution >= 0.6 is 0 Å². The molecule has 0 saturated carbocycles. The molecule has 40 heavy (non-hydrogen) atoms. The van der Waals surface area contributed by atoms with Gasteiger partial charge in [0.25, 0.3) is 0 Å². The molecule has 0 aliphatic carbocycles. The third-order valence-electron chi connectivity index (χ3n) is 7.07. The van der Waals surface area contributed by atoms with Gasteiger partial charge in [0.15, 0.2) is 11.5 Å². The summed E-state index contributed by atoms with van der Waals surface area (Å²) in [6.07, 6.45) is -0.160. The van der Waals surface area contributed by atoms with Crippen molar-refractivity contribution >= 4 is 6.09 Å². The van der Waals surface area contributed by atoms with E-state index in [4.69, 9.17) is 23.7 Å². The molecule has 0 radical (unpaired) electrons. The molecule has 8 heteroatoms. The van der Waals surface area contributed by atoms with E-state index in [0.717, 1.165) is 27.8 Å². The Morgan fingerprint density at radius 2 is 1.60 bits per heavy atom. The number of rotatable bonds is 8. The topological polar surface area (TPSA) is 86.7 Å². The Bertz CT molecular complexity index is 1320. The molecular weight excluding hydrogens is 510 g/mol. The first-order chi connectivity index (χ1) is 19.3. The van der Waals surface area contributed by atoms with Crippen LogP contribution in [-0.4, -0.2) is 47.7 Å². The summed E-state index contributed by atoms with van der Waals surface area (Å²) < 4.78 is 30.4. The van der Waals surface area contributed by atoms with Crippen LogP contribution < -0.4 is 14.2 Å². The fraction of sp³-hybridized carbons (Fsp3) is 0.406. The fourth-order valence-corrected chi connectivity index (χ4v) is 5.32. The number of hydrogen-bond acceptors (Lipinski definition) is 7. The van der Waals surface area contributed by atoms with Gasteiger partial charge in [-0.15, -0.1) is 0 Å².